The average molecular weight is 452 g/mol. The smallest absolute Gasteiger partial charge is 0.492 e. The maximum atomic E-state index is 12.3. The molecule has 2 heterocycles. The van der Waals surface area contributed by atoms with Gasteiger partial charge in [-0.2, -0.15) is 10.2 Å². The number of hydrogen-bond acceptors (Lipinski definition) is 10. The minimum atomic E-state index is -1.26. The summed E-state index contributed by atoms with van der Waals surface area (Å²) < 4.78 is 10.4. The summed E-state index contributed by atoms with van der Waals surface area (Å²) in [6, 6.07) is 2.24. The maximum Gasteiger partial charge on any atom is 0.537 e. The maximum absolute atomic E-state index is 12.3. The molecule has 1 aromatic rings. The third kappa shape index (κ3) is 6.59. The molecule has 1 saturated carbocycles. The molecule has 1 amide bonds. The topological polar surface area (TPSA) is 161 Å². The SMILES string of the molecule is CC(OC(=O)On1c(O)ccc1O)OC(=O)C1CCC(CNC(=O)CCC2(C)N=N2)CC1. The van der Waals surface area contributed by atoms with Gasteiger partial charge in [-0.1, -0.05) is 0 Å². The van der Waals surface area contributed by atoms with Crippen LogP contribution in [0.3, 0.4) is 0 Å². The van der Waals surface area contributed by atoms with E-state index in [9.17, 15) is 24.6 Å². The van der Waals surface area contributed by atoms with Crippen LogP contribution in [-0.2, 0) is 19.1 Å². The second kappa shape index (κ2) is 9.88. The van der Waals surface area contributed by atoms with E-state index in [0.717, 1.165) is 25.0 Å². The van der Waals surface area contributed by atoms with Gasteiger partial charge in [-0.25, -0.2) is 4.79 Å². The highest BCUT2D eigenvalue weighted by Gasteiger charge is 2.34. The van der Waals surface area contributed by atoms with Crippen molar-refractivity contribution in [1.29, 1.82) is 0 Å². The molecular weight excluding hydrogens is 424 g/mol. The van der Waals surface area contributed by atoms with Crippen molar-refractivity contribution in [2.75, 3.05) is 6.54 Å². The first-order valence-corrected chi connectivity index (χ1v) is 10.5. The largest absolute Gasteiger partial charge is 0.537 e. The van der Waals surface area contributed by atoms with E-state index in [-0.39, 0.29) is 17.5 Å². The van der Waals surface area contributed by atoms with Crippen molar-refractivity contribution in [3.63, 3.8) is 0 Å². The van der Waals surface area contributed by atoms with Crippen LogP contribution in [0.4, 0.5) is 4.79 Å². The van der Waals surface area contributed by atoms with Crippen LogP contribution in [-0.4, -0.2) is 51.5 Å². The fourth-order valence-electron chi connectivity index (χ4n) is 3.50. The molecule has 12 nitrogen and oxygen atoms in total. The summed E-state index contributed by atoms with van der Waals surface area (Å²) >= 11 is 0. The molecule has 0 saturated heterocycles. The zero-order chi connectivity index (χ0) is 23.3. The molecule has 2 aliphatic rings. The third-order valence-corrected chi connectivity index (χ3v) is 5.54. The Hall–Kier alpha value is -3.31. The number of ether oxygens (including phenoxy) is 2. The number of carbonyl (C=O) groups excluding carboxylic acids is 3. The Kier molecular flexibility index (Phi) is 7.21. The van der Waals surface area contributed by atoms with Gasteiger partial charge in [0.2, 0.25) is 24.0 Å². The molecule has 1 aliphatic heterocycles. The van der Waals surface area contributed by atoms with E-state index in [2.05, 4.69) is 20.4 Å². The Morgan fingerprint density at radius 3 is 2.38 bits per heavy atom. The lowest BCUT2D eigenvalue weighted by atomic mass is 9.82. The summed E-state index contributed by atoms with van der Waals surface area (Å²) in [4.78, 5) is 40.6. The average Bonchev–Trinajstić information content (AvgIpc) is 3.42. The van der Waals surface area contributed by atoms with Crippen LogP contribution in [0.15, 0.2) is 22.4 Å². The third-order valence-electron chi connectivity index (χ3n) is 5.54. The molecule has 1 aliphatic carbocycles. The predicted octanol–water partition coefficient (Wildman–Crippen LogP) is 2.24. The van der Waals surface area contributed by atoms with E-state index in [1.165, 1.54) is 6.92 Å². The second-order valence-electron chi connectivity index (χ2n) is 8.25. The number of amides is 1. The first-order chi connectivity index (χ1) is 15.1. The lowest BCUT2D eigenvalue weighted by Crippen LogP contribution is -2.34. The van der Waals surface area contributed by atoms with Gasteiger partial charge >= 0.3 is 12.1 Å². The van der Waals surface area contributed by atoms with Crippen LogP contribution in [0.25, 0.3) is 0 Å². The lowest BCUT2D eigenvalue weighted by Gasteiger charge is -2.28. The quantitative estimate of drug-likeness (QED) is 0.380. The number of hydrogen-bond donors (Lipinski definition) is 3. The predicted molar refractivity (Wildman–Crippen MR) is 107 cm³/mol. The fraction of sp³-hybridized carbons (Fsp3) is 0.650. The molecule has 1 aromatic heterocycles. The first-order valence-electron chi connectivity index (χ1n) is 10.5. The van der Waals surface area contributed by atoms with Crippen LogP contribution >= 0.6 is 0 Å². The number of nitrogens with zero attached hydrogens (tertiary/aromatic N) is 3. The zero-order valence-electron chi connectivity index (χ0n) is 18.0. The number of aromatic hydroxyl groups is 2. The summed E-state index contributed by atoms with van der Waals surface area (Å²) in [6.07, 6.45) is 1.28. The highest BCUT2D eigenvalue weighted by Crippen LogP contribution is 2.32. The molecule has 1 atom stereocenters. The number of rotatable bonds is 9. The molecule has 3 rings (SSSR count). The molecule has 3 N–H and O–H groups in total. The van der Waals surface area contributed by atoms with E-state index in [1.807, 2.05) is 6.92 Å². The number of esters is 1. The second-order valence-corrected chi connectivity index (χ2v) is 8.25. The molecule has 1 fully saturated rings. The minimum absolute atomic E-state index is 0.0236. The molecule has 0 aromatic carbocycles. The van der Waals surface area contributed by atoms with Crippen LogP contribution in [0, 0.1) is 11.8 Å². The van der Waals surface area contributed by atoms with E-state index >= 15 is 0 Å². The van der Waals surface area contributed by atoms with Crippen molar-refractivity contribution < 1.29 is 38.9 Å². The Bertz CT molecular complexity index is 849. The van der Waals surface area contributed by atoms with E-state index in [1.54, 1.807) is 0 Å². The van der Waals surface area contributed by atoms with Crippen LogP contribution in [0.1, 0.15) is 52.4 Å². The van der Waals surface area contributed by atoms with E-state index < -0.39 is 30.2 Å². The molecular formula is C20H28N4O8. The summed E-state index contributed by atoms with van der Waals surface area (Å²) in [5, 5.41) is 29.6. The van der Waals surface area contributed by atoms with Crippen LogP contribution < -0.4 is 10.2 Å². The van der Waals surface area contributed by atoms with Crippen molar-refractivity contribution in [1.82, 2.24) is 10.0 Å². The first kappa shape index (κ1) is 23.4. The van der Waals surface area contributed by atoms with Crippen molar-refractivity contribution in [3.05, 3.63) is 12.1 Å². The summed E-state index contributed by atoms with van der Waals surface area (Å²) in [7, 11) is 0. The van der Waals surface area contributed by atoms with Gasteiger partial charge in [0.05, 0.1) is 5.92 Å². The Labute approximate surface area is 184 Å². The minimum Gasteiger partial charge on any atom is -0.492 e. The van der Waals surface area contributed by atoms with Crippen molar-refractivity contribution in [2.24, 2.45) is 22.1 Å². The van der Waals surface area contributed by atoms with Gasteiger partial charge in [-0.15, -0.1) is 4.73 Å². The molecule has 176 valence electrons. The molecule has 0 spiro atoms. The van der Waals surface area contributed by atoms with Gasteiger partial charge in [-0.05, 0) is 38.5 Å². The molecule has 1 unspecified atom stereocenters. The van der Waals surface area contributed by atoms with Gasteiger partial charge in [0.1, 0.15) is 0 Å². The lowest BCUT2D eigenvalue weighted by molar-refractivity contribution is -0.174. The van der Waals surface area contributed by atoms with Gasteiger partial charge in [0.15, 0.2) is 5.66 Å². The van der Waals surface area contributed by atoms with E-state index in [4.69, 9.17) is 9.47 Å². The Morgan fingerprint density at radius 1 is 1.16 bits per heavy atom. The van der Waals surface area contributed by atoms with Gasteiger partial charge < -0.3 is 25.0 Å². The highest BCUT2D eigenvalue weighted by molar-refractivity contribution is 5.76. The normalized spacial score (nSPS) is 21.9. The molecule has 12 heteroatoms. The standard InChI is InChI=1S/C20H28N4O8/c1-12(31-19(29)32-24-16(26)7-8-17(24)27)30-18(28)14-5-3-13(4-6-14)11-21-15(25)9-10-20(2)22-23-20/h7-8,12-14,26-27H,3-6,9-11H2,1-2H3,(H,21,25). The summed E-state index contributed by atoms with van der Waals surface area (Å²) in [5.74, 6) is -1.53. The van der Waals surface area contributed by atoms with Crippen LogP contribution in [0.2, 0.25) is 0 Å². The van der Waals surface area contributed by atoms with Gasteiger partial charge in [0, 0.05) is 38.4 Å². The van der Waals surface area contributed by atoms with Gasteiger partial charge in [-0.3, -0.25) is 14.4 Å². The molecule has 0 radical (unpaired) electrons. The van der Waals surface area contributed by atoms with Crippen molar-refractivity contribution in [3.8, 4) is 11.8 Å². The Morgan fingerprint density at radius 2 is 1.78 bits per heavy atom. The summed E-state index contributed by atoms with van der Waals surface area (Å²) in [6.45, 7) is 3.81. The fourth-order valence-corrected chi connectivity index (χ4v) is 3.50. The van der Waals surface area contributed by atoms with Crippen molar-refractivity contribution >= 4 is 18.0 Å². The monoisotopic (exact) mass is 452 g/mol. The molecule has 0 bridgehead atoms. The molecule has 32 heavy (non-hydrogen) atoms. The van der Waals surface area contributed by atoms with Crippen LogP contribution in [0.5, 0.6) is 11.8 Å². The highest BCUT2D eigenvalue weighted by atomic mass is 16.9. The number of carbonyl (C=O) groups is 3. The van der Waals surface area contributed by atoms with Gasteiger partial charge in [0.25, 0.3) is 0 Å². The summed E-state index contributed by atoms with van der Waals surface area (Å²) in [5.41, 5.74) is -0.376. The Balaban J connectivity index is 1.31. The number of aromatic nitrogens is 1. The van der Waals surface area contributed by atoms with Crippen molar-refractivity contribution in [2.45, 2.75) is 64.3 Å². The zero-order valence-corrected chi connectivity index (χ0v) is 18.0. The number of nitrogens with one attached hydrogen (secondary N) is 1. The van der Waals surface area contributed by atoms with E-state index in [0.29, 0.717) is 42.9 Å².